The summed E-state index contributed by atoms with van der Waals surface area (Å²) in [7, 11) is 0. The smallest absolute Gasteiger partial charge is 0.0637 e. The van der Waals surface area contributed by atoms with Crippen LogP contribution in [0.1, 0.15) is 25.8 Å². The zero-order valence-electron chi connectivity index (χ0n) is 9.92. The first-order chi connectivity index (χ1) is 7.41. The van der Waals surface area contributed by atoms with Crippen molar-refractivity contribution in [2.75, 3.05) is 5.32 Å². The molecule has 1 aliphatic carbocycles. The summed E-state index contributed by atoms with van der Waals surface area (Å²) in [4.78, 5) is 0. The molecule has 2 nitrogen and oxygen atoms in total. The molecule has 0 bridgehead atoms. The molecule has 1 aromatic rings. The second-order valence-corrected chi connectivity index (χ2v) is 5.66. The van der Waals surface area contributed by atoms with Crippen molar-refractivity contribution in [1.82, 2.24) is 0 Å². The molecule has 0 aliphatic heterocycles. The van der Waals surface area contributed by atoms with Crippen LogP contribution in [0.2, 0.25) is 5.02 Å². The van der Waals surface area contributed by atoms with Crippen LogP contribution in [0.25, 0.3) is 0 Å². The first kappa shape index (κ1) is 11.7. The molecule has 2 N–H and O–H groups in total. The minimum Gasteiger partial charge on any atom is -0.392 e. The number of aliphatic hydroxyl groups is 1. The van der Waals surface area contributed by atoms with Crippen LogP contribution in [-0.4, -0.2) is 17.3 Å². The number of rotatable bonds is 2. The molecule has 3 heteroatoms. The van der Waals surface area contributed by atoms with Gasteiger partial charge in [0.25, 0.3) is 0 Å². The molecule has 88 valence electrons. The summed E-state index contributed by atoms with van der Waals surface area (Å²) in [6, 6.07) is 6.24. The van der Waals surface area contributed by atoms with Gasteiger partial charge in [-0.3, -0.25) is 0 Å². The van der Waals surface area contributed by atoms with Crippen molar-refractivity contribution >= 4 is 17.3 Å². The average Bonchev–Trinajstić information content (AvgIpc) is 2.23. The molecular formula is C13H18ClNO. The molecule has 0 amide bonds. The molecule has 0 heterocycles. The fraction of sp³-hybridized carbons (Fsp3) is 0.538. The van der Waals surface area contributed by atoms with Gasteiger partial charge in [-0.25, -0.2) is 0 Å². The third-order valence-electron chi connectivity index (χ3n) is 3.67. The van der Waals surface area contributed by atoms with Crippen molar-refractivity contribution in [2.45, 2.75) is 39.3 Å². The van der Waals surface area contributed by atoms with Crippen LogP contribution in [0.15, 0.2) is 18.2 Å². The number of aliphatic hydroxyl groups excluding tert-OH is 1. The Balaban J connectivity index is 2.13. The van der Waals surface area contributed by atoms with Gasteiger partial charge >= 0.3 is 0 Å². The van der Waals surface area contributed by atoms with E-state index < -0.39 is 0 Å². The fourth-order valence-corrected chi connectivity index (χ4v) is 2.26. The van der Waals surface area contributed by atoms with E-state index in [0.29, 0.717) is 6.04 Å². The molecular weight excluding hydrogens is 222 g/mol. The van der Waals surface area contributed by atoms with E-state index in [0.717, 1.165) is 17.1 Å². The van der Waals surface area contributed by atoms with E-state index in [9.17, 15) is 5.11 Å². The van der Waals surface area contributed by atoms with Crippen molar-refractivity contribution in [3.8, 4) is 0 Å². The van der Waals surface area contributed by atoms with Gasteiger partial charge in [0.2, 0.25) is 0 Å². The number of nitrogens with one attached hydrogen (secondary N) is 1. The summed E-state index contributed by atoms with van der Waals surface area (Å²) < 4.78 is 0. The topological polar surface area (TPSA) is 32.3 Å². The normalized spacial score (nSPS) is 27.3. The van der Waals surface area contributed by atoms with Gasteiger partial charge in [-0.05, 0) is 31.0 Å². The van der Waals surface area contributed by atoms with Gasteiger partial charge in [0, 0.05) is 11.5 Å². The first-order valence-corrected chi connectivity index (χ1v) is 6.00. The van der Waals surface area contributed by atoms with Gasteiger partial charge in [0.1, 0.15) is 0 Å². The molecule has 16 heavy (non-hydrogen) atoms. The average molecular weight is 240 g/mol. The Kier molecular flexibility index (Phi) is 2.89. The zero-order chi connectivity index (χ0) is 11.9. The standard InChI is InChI=1S/C13H18ClNO/c1-8-4-5-9(14)10(6-8)15-11-7-12(16)13(11,2)3/h4-6,11-12,15-16H,7H2,1-3H3. The van der Waals surface area contributed by atoms with Gasteiger partial charge < -0.3 is 10.4 Å². The van der Waals surface area contributed by atoms with E-state index in [-0.39, 0.29) is 11.5 Å². The maximum Gasteiger partial charge on any atom is 0.0637 e. The van der Waals surface area contributed by atoms with E-state index in [1.807, 2.05) is 25.1 Å². The minimum absolute atomic E-state index is 0.0763. The predicted molar refractivity (Wildman–Crippen MR) is 68.0 cm³/mol. The SMILES string of the molecule is Cc1ccc(Cl)c(NC2CC(O)C2(C)C)c1. The van der Waals surface area contributed by atoms with Gasteiger partial charge in [0.05, 0.1) is 16.8 Å². The molecule has 1 aromatic carbocycles. The van der Waals surface area contributed by atoms with Crippen molar-refractivity contribution in [3.63, 3.8) is 0 Å². The molecule has 0 spiro atoms. The van der Waals surface area contributed by atoms with E-state index in [1.165, 1.54) is 5.56 Å². The van der Waals surface area contributed by atoms with Gasteiger partial charge in [-0.1, -0.05) is 31.5 Å². The lowest BCUT2D eigenvalue weighted by atomic mass is 9.64. The van der Waals surface area contributed by atoms with Gasteiger partial charge in [-0.2, -0.15) is 0 Å². The van der Waals surface area contributed by atoms with Crippen LogP contribution in [0, 0.1) is 12.3 Å². The zero-order valence-corrected chi connectivity index (χ0v) is 10.7. The van der Waals surface area contributed by atoms with Crippen LogP contribution in [0.4, 0.5) is 5.69 Å². The van der Waals surface area contributed by atoms with Crippen LogP contribution >= 0.6 is 11.6 Å². The Morgan fingerprint density at radius 3 is 2.69 bits per heavy atom. The summed E-state index contributed by atoms with van der Waals surface area (Å²) in [5.74, 6) is 0. The summed E-state index contributed by atoms with van der Waals surface area (Å²) >= 11 is 6.13. The Morgan fingerprint density at radius 1 is 1.44 bits per heavy atom. The predicted octanol–water partition coefficient (Wildman–Crippen LogP) is 3.22. The molecule has 0 radical (unpaired) electrons. The molecule has 0 aromatic heterocycles. The highest BCUT2D eigenvalue weighted by atomic mass is 35.5. The molecule has 2 unspecified atom stereocenters. The fourth-order valence-electron chi connectivity index (χ4n) is 2.08. The lowest BCUT2D eigenvalue weighted by Crippen LogP contribution is -2.56. The lowest BCUT2D eigenvalue weighted by molar-refractivity contribution is -0.0510. The van der Waals surface area contributed by atoms with Gasteiger partial charge in [-0.15, -0.1) is 0 Å². The van der Waals surface area contributed by atoms with Crippen molar-refractivity contribution in [2.24, 2.45) is 5.41 Å². The summed E-state index contributed by atoms with van der Waals surface area (Å²) in [5.41, 5.74) is 2.07. The second-order valence-electron chi connectivity index (χ2n) is 5.25. The van der Waals surface area contributed by atoms with E-state index in [1.54, 1.807) is 0 Å². The Morgan fingerprint density at radius 2 is 2.12 bits per heavy atom. The maximum atomic E-state index is 9.68. The number of hydrogen-bond acceptors (Lipinski definition) is 2. The van der Waals surface area contributed by atoms with Crippen LogP contribution in [-0.2, 0) is 0 Å². The Labute approximate surface area is 102 Å². The monoisotopic (exact) mass is 239 g/mol. The molecule has 1 aliphatic rings. The van der Waals surface area contributed by atoms with Crippen LogP contribution in [0.3, 0.4) is 0 Å². The third-order valence-corrected chi connectivity index (χ3v) is 4.00. The number of hydrogen-bond donors (Lipinski definition) is 2. The van der Waals surface area contributed by atoms with Crippen LogP contribution in [0.5, 0.6) is 0 Å². The largest absolute Gasteiger partial charge is 0.392 e. The molecule has 0 saturated heterocycles. The van der Waals surface area contributed by atoms with Crippen molar-refractivity contribution in [3.05, 3.63) is 28.8 Å². The first-order valence-electron chi connectivity index (χ1n) is 5.62. The summed E-state index contributed by atoms with van der Waals surface area (Å²) in [5, 5.41) is 13.8. The lowest BCUT2D eigenvalue weighted by Gasteiger charge is -2.50. The maximum absolute atomic E-state index is 9.68. The highest BCUT2D eigenvalue weighted by Crippen LogP contribution is 2.43. The van der Waals surface area contributed by atoms with E-state index >= 15 is 0 Å². The van der Waals surface area contributed by atoms with E-state index in [2.05, 4.69) is 19.2 Å². The summed E-state index contributed by atoms with van der Waals surface area (Å²) in [6.45, 7) is 6.19. The van der Waals surface area contributed by atoms with E-state index in [4.69, 9.17) is 11.6 Å². The number of halogens is 1. The van der Waals surface area contributed by atoms with Crippen molar-refractivity contribution < 1.29 is 5.11 Å². The highest BCUT2D eigenvalue weighted by molar-refractivity contribution is 6.33. The molecule has 2 atom stereocenters. The number of aryl methyl sites for hydroxylation is 1. The third kappa shape index (κ3) is 1.92. The Bertz CT molecular complexity index is 403. The van der Waals surface area contributed by atoms with Crippen molar-refractivity contribution in [1.29, 1.82) is 0 Å². The highest BCUT2D eigenvalue weighted by Gasteiger charge is 2.47. The molecule has 1 fully saturated rings. The molecule has 1 saturated carbocycles. The van der Waals surface area contributed by atoms with Crippen LogP contribution < -0.4 is 5.32 Å². The second kappa shape index (κ2) is 3.94. The number of anilines is 1. The summed E-state index contributed by atoms with van der Waals surface area (Å²) in [6.07, 6.45) is 0.575. The minimum atomic E-state index is -0.214. The quantitative estimate of drug-likeness (QED) is 0.831. The molecule has 2 rings (SSSR count). The number of benzene rings is 1. The van der Waals surface area contributed by atoms with Gasteiger partial charge in [0.15, 0.2) is 0 Å². The Hall–Kier alpha value is -0.730.